The number of aromatic nitrogens is 3. The number of imidazole rings is 1. The lowest BCUT2D eigenvalue weighted by molar-refractivity contribution is 0.271. The van der Waals surface area contributed by atoms with E-state index in [1.807, 2.05) is 12.3 Å². The number of hydrogen-bond donors (Lipinski definition) is 1. The summed E-state index contributed by atoms with van der Waals surface area (Å²) in [5.74, 6) is 1.09. The maximum atomic E-state index is 4.74. The largest absolute Gasteiger partial charge is 0.342 e. The van der Waals surface area contributed by atoms with Crippen LogP contribution >= 0.6 is 0 Å². The average Bonchev–Trinajstić information content (AvgIpc) is 3.18. The summed E-state index contributed by atoms with van der Waals surface area (Å²) in [5, 5.41) is 0. The highest BCUT2D eigenvalue weighted by atomic mass is 15.2. The molecule has 4 nitrogen and oxygen atoms in total. The highest BCUT2D eigenvalue weighted by Crippen LogP contribution is 2.23. The second kappa shape index (κ2) is 6.13. The third-order valence-corrected chi connectivity index (χ3v) is 4.85. The van der Waals surface area contributed by atoms with E-state index in [1.165, 1.54) is 24.9 Å². The zero-order valence-electron chi connectivity index (χ0n) is 13.5. The molecule has 3 aromatic rings. The van der Waals surface area contributed by atoms with Gasteiger partial charge in [0.25, 0.3) is 0 Å². The fraction of sp³-hybridized carbons (Fsp3) is 0.368. The number of nitrogens with zero attached hydrogens (tertiary/aromatic N) is 3. The maximum absolute atomic E-state index is 4.74. The smallest absolute Gasteiger partial charge is 0.108 e. The van der Waals surface area contributed by atoms with Crippen LogP contribution in [0.4, 0.5) is 0 Å². The number of hydrogen-bond acceptors (Lipinski definition) is 3. The van der Waals surface area contributed by atoms with Crippen LogP contribution in [0.2, 0.25) is 0 Å². The molecule has 0 radical (unpaired) electrons. The molecule has 1 atom stereocenters. The number of rotatable bonds is 4. The molecule has 3 heterocycles. The number of likely N-dealkylation sites (tertiary alicyclic amines) is 1. The van der Waals surface area contributed by atoms with Crippen molar-refractivity contribution in [1.82, 2.24) is 19.9 Å². The Labute approximate surface area is 136 Å². The molecule has 2 aromatic heterocycles. The highest BCUT2D eigenvalue weighted by Gasteiger charge is 2.19. The molecule has 1 unspecified atom stereocenters. The predicted octanol–water partition coefficient (Wildman–Crippen LogP) is 3.65. The Morgan fingerprint density at radius 1 is 1.26 bits per heavy atom. The van der Waals surface area contributed by atoms with E-state index in [1.54, 1.807) is 6.20 Å². The van der Waals surface area contributed by atoms with E-state index in [2.05, 4.69) is 46.1 Å². The molecule has 1 fully saturated rings. The first-order valence-electron chi connectivity index (χ1n) is 8.43. The minimum atomic E-state index is 0.719. The number of nitrogens with one attached hydrogen (secondary N) is 1. The minimum absolute atomic E-state index is 0.719. The van der Waals surface area contributed by atoms with Gasteiger partial charge in [-0.05, 0) is 50.1 Å². The van der Waals surface area contributed by atoms with E-state index in [-0.39, 0.29) is 0 Å². The van der Waals surface area contributed by atoms with Crippen LogP contribution in [0.1, 0.15) is 25.6 Å². The molecule has 1 N–H and O–H groups in total. The first-order chi connectivity index (χ1) is 11.3. The van der Waals surface area contributed by atoms with Gasteiger partial charge >= 0.3 is 0 Å². The Bertz CT molecular complexity index is 793. The topological polar surface area (TPSA) is 44.8 Å². The van der Waals surface area contributed by atoms with Gasteiger partial charge in [0, 0.05) is 37.0 Å². The summed E-state index contributed by atoms with van der Waals surface area (Å²) in [6.07, 6.45) is 7.34. The van der Waals surface area contributed by atoms with Crippen molar-refractivity contribution in [3.8, 4) is 11.1 Å². The molecule has 0 bridgehead atoms. The molecule has 1 saturated heterocycles. The van der Waals surface area contributed by atoms with Gasteiger partial charge in [-0.15, -0.1) is 0 Å². The van der Waals surface area contributed by atoms with Crippen LogP contribution in [0.25, 0.3) is 22.2 Å². The molecule has 0 spiro atoms. The number of pyridine rings is 1. The number of benzene rings is 1. The predicted molar refractivity (Wildman–Crippen MR) is 93.3 cm³/mol. The molecular formula is C19H22N4. The second-order valence-electron chi connectivity index (χ2n) is 6.43. The van der Waals surface area contributed by atoms with E-state index in [0.717, 1.165) is 41.4 Å². The molecular weight excluding hydrogens is 284 g/mol. The van der Waals surface area contributed by atoms with Gasteiger partial charge in [0.15, 0.2) is 0 Å². The van der Waals surface area contributed by atoms with E-state index in [9.17, 15) is 0 Å². The van der Waals surface area contributed by atoms with Crippen LogP contribution in [0.5, 0.6) is 0 Å². The molecule has 4 heteroatoms. The summed E-state index contributed by atoms with van der Waals surface area (Å²) in [6.45, 7) is 4.65. The van der Waals surface area contributed by atoms with Crippen molar-refractivity contribution in [2.75, 3.05) is 13.1 Å². The fourth-order valence-electron chi connectivity index (χ4n) is 3.47. The molecule has 4 rings (SSSR count). The summed E-state index contributed by atoms with van der Waals surface area (Å²) in [4.78, 5) is 15.0. The highest BCUT2D eigenvalue weighted by molar-refractivity contribution is 5.81. The van der Waals surface area contributed by atoms with Crippen LogP contribution in [-0.4, -0.2) is 39.0 Å². The Morgan fingerprint density at radius 2 is 2.22 bits per heavy atom. The lowest BCUT2D eigenvalue weighted by atomic mass is 10.1. The van der Waals surface area contributed by atoms with Crippen molar-refractivity contribution in [2.45, 2.75) is 32.2 Å². The molecule has 118 valence electrons. The quantitative estimate of drug-likeness (QED) is 0.800. The van der Waals surface area contributed by atoms with Crippen molar-refractivity contribution >= 4 is 11.0 Å². The van der Waals surface area contributed by atoms with Gasteiger partial charge in [0.1, 0.15) is 5.82 Å². The number of fused-ring (bicyclic) bond motifs is 1. The SMILES string of the molecule is CC1CCCN1CCc1nc2ccc(-c3cccnc3)cc2[nH]1. The molecule has 0 saturated carbocycles. The minimum Gasteiger partial charge on any atom is -0.342 e. The van der Waals surface area contributed by atoms with E-state index in [4.69, 9.17) is 4.98 Å². The van der Waals surface area contributed by atoms with Crippen LogP contribution in [-0.2, 0) is 6.42 Å². The molecule has 1 aromatic carbocycles. The number of H-pyrrole nitrogens is 1. The molecule has 0 aliphatic carbocycles. The zero-order chi connectivity index (χ0) is 15.6. The standard InChI is InChI=1S/C19H22N4/c1-14-4-3-10-23(14)11-8-19-21-17-7-6-15(12-18(17)22-19)16-5-2-9-20-13-16/h2,5-7,9,12-14H,3-4,8,10-11H2,1H3,(H,21,22). The monoisotopic (exact) mass is 306 g/mol. The van der Waals surface area contributed by atoms with E-state index in [0.29, 0.717) is 0 Å². The van der Waals surface area contributed by atoms with Gasteiger partial charge < -0.3 is 9.88 Å². The maximum Gasteiger partial charge on any atom is 0.108 e. The van der Waals surface area contributed by atoms with Crippen molar-refractivity contribution in [3.05, 3.63) is 48.5 Å². The lowest BCUT2D eigenvalue weighted by Gasteiger charge is -2.19. The second-order valence-corrected chi connectivity index (χ2v) is 6.43. The summed E-state index contributed by atoms with van der Waals surface area (Å²) in [5.41, 5.74) is 4.46. The lowest BCUT2D eigenvalue weighted by Crippen LogP contribution is -2.29. The average molecular weight is 306 g/mol. The fourth-order valence-corrected chi connectivity index (χ4v) is 3.47. The Hall–Kier alpha value is -2.20. The third kappa shape index (κ3) is 2.99. The Morgan fingerprint density at radius 3 is 3.00 bits per heavy atom. The van der Waals surface area contributed by atoms with Crippen LogP contribution in [0, 0.1) is 0 Å². The number of aromatic amines is 1. The molecule has 23 heavy (non-hydrogen) atoms. The van der Waals surface area contributed by atoms with Crippen LogP contribution < -0.4 is 0 Å². The third-order valence-electron chi connectivity index (χ3n) is 4.85. The normalized spacial score (nSPS) is 18.7. The van der Waals surface area contributed by atoms with E-state index >= 15 is 0 Å². The molecule has 0 amide bonds. The Kier molecular flexibility index (Phi) is 3.83. The van der Waals surface area contributed by atoms with Crippen LogP contribution in [0.3, 0.4) is 0 Å². The summed E-state index contributed by atoms with van der Waals surface area (Å²) in [7, 11) is 0. The van der Waals surface area contributed by atoms with Gasteiger partial charge in [-0.3, -0.25) is 4.98 Å². The summed E-state index contributed by atoms with van der Waals surface area (Å²) in [6, 6.07) is 11.1. The van der Waals surface area contributed by atoms with Gasteiger partial charge in [-0.1, -0.05) is 12.1 Å². The van der Waals surface area contributed by atoms with E-state index < -0.39 is 0 Å². The summed E-state index contributed by atoms with van der Waals surface area (Å²) >= 11 is 0. The Balaban J connectivity index is 1.54. The van der Waals surface area contributed by atoms with Crippen molar-refractivity contribution < 1.29 is 0 Å². The van der Waals surface area contributed by atoms with Gasteiger partial charge in [0.2, 0.25) is 0 Å². The zero-order valence-corrected chi connectivity index (χ0v) is 13.5. The van der Waals surface area contributed by atoms with Gasteiger partial charge in [-0.25, -0.2) is 4.98 Å². The van der Waals surface area contributed by atoms with Crippen LogP contribution in [0.15, 0.2) is 42.7 Å². The first kappa shape index (κ1) is 14.4. The van der Waals surface area contributed by atoms with Crippen molar-refractivity contribution in [1.29, 1.82) is 0 Å². The van der Waals surface area contributed by atoms with Gasteiger partial charge in [-0.2, -0.15) is 0 Å². The van der Waals surface area contributed by atoms with Crippen molar-refractivity contribution in [2.24, 2.45) is 0 Å². The summed E-state index contributed by atoms with van der Waals surface area (Å²) < 4.78 is 0. The van der Waals surface area contributed by atoms with Gasteiger partial charge in [0.05, 0.1) is 11.0 Å². The van der Waals surface area contributed by atoms with Crippen molar-refractivity contribution in [3.63, 3.8) is 0 Å². The first-order valence-corrected chi connectivity index (χ1v) is 8.43. The molecule has 1 aliphatic rings. The molecule has 1 aliphatic heterocycles.